The van der Waals surface area contributed by atoms with E-state index in [9.17, 15) is 5.11 Å². The van der Waals surface area contributed by atoms with Crippen molar-refractivity contribution in [1.82, 2.24) is 4.98 Å². The molecule has 0 radical (unpaired) electrons. The number of aryl methyl sites for hydroxylation is 3. The molecule has 0 amide bonds. The van der Waals surface area contributed by atoms with Gasteiger partial charge in [-0.25, -0.2) is 0 Å². The maximum atomic E-state index is 10.2. The molecular formula is C16H19NO. The maximum Gasteiger partial charge on any atom is 0.0795 e. The number of rotatable bonds is 4. The van der Waals surface area contributed by atoms with Crippen LogP contribution in [0.4, 0.5) is 0 Å². The van der Waals surface area contributed by atoms with Crippen LogP contribution in [0.25, 0.3) is 0 Å². The Labute approximate surface area is 108 Å². The van der Waals surface area contributed by atoms with E-state index in [0.717, 1.165) is 24.0 Å². The highest BCUT2D eigenvalue weighted by Gasteiger charge is 2.10. The van der Waals surface area contributed by atoms with Crippen molar-refractivity contribution in [2.45, 2.75) is 32.8 Å². The molecule has 0 fully saturated rings. The van der Waals surface area contributed by atoms with Crippen molar-refractivity contribution in [3.8, 4) is 0 Å². The SMILES string of the molecule is Cc1ccc(C(O)CCc2cccnc2)c(C)c1. The molecule has 94 valence electrons. The molecule has 0 saturated heterocycles. The number of aromatic nitrogens is 1. The van der Waals surface area contributed by atoms with Crippen molar-refractivity contribution in [2.24, 2.45) is 0 Å². The Morgan fingerprint density at radius 1 is 1.22 bits per heavy atom. The van der Waals surface area contributed by atoms with Crippen LogP contribution in [0.15, 0.2) is 42.7 Å². The van der Waals surface area contributed by atoms with Gasteiger partial charge in [-0.05, 0) is 49.4 Å². The van der Waals surface area contributed by atoms with E-state index in [1.165, 1.54) is 11.1 Å². The fourth-order valence-corrected chi connectivity index (χ4v) is 2.20. The van der Waals surface area contributed by atoms with Gasteiger partial charge >= 0.3 is 0 Å². The fraction of sp³-hybridized carbons (Fsp3) is 0.312. The van der Waals surface area contributed by atoms with E-state index >= 15 is 0 Å². The van der Waals surface area contributed by atoms with Crippen LogP contribution >= 0.6 is 0 Å². The molecule has 0 aliphatic rings. The second kappa shape index (κ2) is 5.78. The van der Waals surface area contributed by atoms with Gasteiger partial charge in [0, 0.05) is 12.4 Å². The molecule has 1 heterocycles. The number of benzene rings is 1. The van der Waals surface area contributed by atoms with Crippen molar-refractivity contribution in [2.75, 3.05) is 0 Å². The van der Waals surface area contributed by atoms with E-state index in [1.54, 1.807) is 6.20 Å². The lowest BCUT2D eigenvalue weighted by molar-refractivity contribution is 0.167. The second-order valence-corrected chi connectivity index (χ2v) is 4.78. The summed E-state index contributed by atoms with van der Waals surface area (Å²) in [4.78, 5) is 4.08. The van der Waals surface area contributed by atoms with Gasteiger partial charge in [-0.15, -0.1) is 0 Å². The van der Waals surface area contributed by atoms with Gasteiger partial charge in [-0.1, -0.05) is 29.8 Å². The number of hydrogen-bond donors (Lipinski definition) is 1. The third-order valence-corrected chi connectivity index (χ3v) is 3.21. The Kier molecular flexibility index (Phi) is 4.11. The predicted molar refractivity (Wildman–Crippen MR) is 73.4 cm³/mol. The highest BCUT2D eigenvalue weighted by atomic mass is 16.3. The molecule has 0 saturated carbocycles. The Morgan fingerprint density at radius 3 is 2.72 bits per heavy atom. The first-order valence-electron chi connectivity index (χ1n) is 6.31. The molecule has 1 N–H and O–H groups in total. The highest BCUT2D eigenvalue weighted by Crippen LogP contribution is 2.23. The van der Waals surface area contributed by atoms with Crippen LogP contribution in [-0.4, -0.2) is 10.1 Å². The minimum Gasteiger partial charge on any atom is -0.388 e. The van der Waals surface area contributed by atoms with E-state index in [4.69, 9.17) is 0 Å². The first kappa shape index (κ1) is 12.8. The number of aliphatic hydroxyl groups excluding tert-OH is 1. The topological polar surface area (TPSA) is 33.1 Å². The van der Waals surface area contributed by atoms with Crippen LogP contribution < -0.4 is 0 Å². The Morgan fingerprint density at radius 2 is 2.06 bits per heavy atom. The minimum atomic E-state index is -0.397. The number of aliphatic hydroxyl groups is 1. The third-order valence-electron chi connectivity index (χ3n) is 3.21. The molecule has 0 bridgehead atoms. The van der Waals surface area contributed by atoms with Crippen molar-refractivity contribution in [1.29, 1.82) is 0 Å². The molecule has 1 aromatic heterocycles. The van der Waals surface area contributed by atoms with Crippen LogP contribution in [0.5, 0.6) is 0 Å². The zero-order chi connectivity index (χ0) is 13.0. The van der Waals surface area contributed by atoms with Crippen molar-refractivity contribution >= 4 is 0 Å². The zero-order valence-electron chi connectivity index (χ0n) is 10.9. The average Bonchev–Trinajstić information content (AvgIpc) is 2.37. The van der Waals surface area contributed by atoms with Crippen LogP contribution in [-0.2, 0) is 6.42 Å². The van der Waals surface area contributed by atoms with Gasteiger partial charge in [-0.3, -0.25) is 4.98 Å². The summed E-state index contributed by atoms with van der Waals surface area (Å²) in [5.41, 5.74) is 4.59. The van der Waals surface area contributed by atoms with Gasteiger partial charge in [0.2, 0.25) is 0 Å². The fourth-order valence-electron chi connectivity index (χ4n) is 2.20. The zero-order valence-corrected chi connectivity index (χ0v) is 10.9. The van der Waals surface area contributed by atoms with Crippen LogP contribution in [0.2, 0.25) is 0 Å². The molecular weight excluding hydrogens is 222 g/mol. The van der Waals surface area contributed by atoms with Crippen molar-refractivity contribution in [3.05, 3.63) is 65.0 Å². The smallest absolute Gasteiger partial charge is 0.0795 e. The molecule has 18 heavy (non-hydrogen) atoms. The lowest BCUT2D eigenvalue weighted by atomic mass is 9.97. The quantitative estimate of drug-likeness (QED) is 0.890. The van der Waals surface area contributed by atoms with E-state index in [2.05, 4.69) is 31.0 Å². The molecule has 1 unspecified atom stereocenters. The maximum absolute atomic E-state index is 10.2. The monoisotopic (exact) mass is 241 g/mol. The third kappa shape index (κ3) is 3.17. The molecule has 2 aromatic rings. The van der Waals surface area contributed by atoms with E-state index < -0.39 is 6.10 Å². The summed E-state index contributed by atoms with van der Waals surface area (Å²) >= 11 is 0. The summed E-state index contributed by atoms with van der Waals surface area (Å²) in [6, 6.07) is 10.2. The van der Waals surface area contributed by atoms with Gasteiger partial charge in [0.1, 0.15) is 0 Å². The highest BCUT2D eigenvalue weighted by molar-refractivity contribution is 5.32. The lowest BCUT2D eigenvalue weighted by Gasteiger charge is -2.14. The van der Waals surface area contributed by atoms with E-state index in [-0.39, 0.29) is 0 Å². The Balaban J connectivity index is 2.01. The number of pyridine rings is 1. The summed E-state index contributed by atoms with van der Waals surface area (Å²) < 4.78 is 0. The van der Waals surface area contributed by atoms with Gasteiger partial charge in [0.25, 0.3) is 0 Å². The molecule has 0 spiro atoms. The van der Waals surface area contributed by atoms with Gasteiger partial charge < -0.3 is 5.11 Å². The average molecular weight is 241 g/mol. The summed E-state index contributed by atoms with van der Waals surface area (Å²) in [5.74, 6) is 0. The summed E-state index contributed by atoms with van der Waals surface area (Å²) in [6.45, 7) is 4.12. The number of nitrogens with zero attached hydrogens (tertiary/aromatic N) is 1. The van der Waals surface area contributed by atoms with Crippen LogP contribution in [0, 0.1) is 13.8 Å². The summed E-state index contributed by atoms with van der Waals surface area (Å²) in [7, 11) is 0. The first-order chi connectivity index (χ1) is 8.66. The number of hydrogen-bond acceptors (Lipinski definition) is 2. The minimum absolute atomic E-state index is 0.397. The van der Waals surface area contributed by atoms with Crippen LogP contribution in [0.1, 0.15) is 34.8 Å². The normalized spacial score (nSPS) is 12.4. The molecule has 0 aliphatic carbocycles. The standard InChI is InChI=1S/C16H19NO/c1-12-5-7-15(13(2)10-12)16(18)8-6-14-4-3-9-17-11-14/h3-5,7,9-11,16,18H,6,8H2,1-2H3. The molecule has 1 atom stereocenters. The molecule has 2 rings (SSSR count). The lowest BCUT2D eigenvalue weighted by Crippen LogP contribution is -2.02. The largest absolute Gasteiger partial charge is 0.388 e. The van der Waals surface area contributed by atoms with E-state index in [0.29, 0.717) is 0 Å². The van der Waals surface area contributed by atoms with Crippen molar-refractivity contribution in [3.63, 3.8) is 0 Å². The predicted octanol–water partition coefficient (Wildman–Crippen LogP) is 3.36. The van der Waals surface area contributed by atoms with E-state index in [1.807, 2.05) is 24.4 Å². The molecule has 0 aliphatic heterocycles. The first-order valence-corrected chi connectivity index (χ1v) is 6.31. The summed E-state index contributed by atoms with van der Waals surface area (Å²) in [5, 5.41) is 10.2. The van der Waals surface area contributed by atoms with Gasteiger partial charge in [0.05, 0.1) is 6.10 Å². The molecule has 1 aromatic carbocycles. The molecule has 2 heteroatoms. The Bertz CT molecular complexity index is 508. The van der Waals surface area contributed by atoms with Crippen LogP contribution in [0.3, 0.4) is 0 Å². The summed E-state index contributed by atoms with van der Waals surface area (Å²) in [6.07, 6.45) is 4.81. The second-order valence-electron chi connectivity index (χ2n) is 4.78. The Hall–Kier alpha value is -1.67. The van der Waals surface area contributed by atoms with Crippen molar-refractivity contribution < 1.29 is 5.11 Å². The van der Waals surface area contributed by atoms with Gasteiger partial charge in [0.15, 0.2) is 0 Å². The van der Waals surface area contributed by atoms with Gasteiger partial charge in [-0.2, -0.15) is 0 Å². The molecule has 2 nitrogen and oxygen atoms in total.